The highest BCUT2D eigenvalue weighted by molar-refractivity contribution is 8.13. The lowest BCUT2D eigenvalue weighted by Crippen LogP contribution is -2.47. The van der Waals surface area contributed by atoms with Gasteiger partial charge in [-0.3, -0.25) is 14.4 Å². The van der Waals surface area contributed by atoms with Gasteiger partial charge in [0.2, 0.25) is 5.91 Å². The molecule has 2 aliphatic rings. The normalized spacial score (nSPS) is 18.5. The minimum absolute atomic E-state index is 0.0598. The van der Waals surface area contributed by atoms with Gasteiger partial charge in [-0.1, -0.05) is 30.0 Å². The summed E-state index contributed by atoms with van der Waals surface area (Å²) in [5, 5.41) is 3.12. The van der Waals surface area contributed by atoms with E-state index in [-0.39, 0.29) is 23.1 Å². The summed E-state index contributed by atoms with van der Waals surface area (Å²) in [5.74, 6) is 0.854. The molecule has 25 heavy (non-hydrogen) atoms. The van der Waals surface area contributed by atoms with Gasteiger partial charge in [-0.25, -0.2) is 0 Å². The quantitative estimate of drug-likeness (QED) is 0.870. The van der Waals surface area contributed by atoms with E-state index < -0.39 is 0 Å². The van der Waals surface area contributed by atoms with E-state index in [0.717, 1.165) is 25.1 Å². The highest BCUT2D eigenvalue weighted by Crippen LogP contribution is 2.18. The highest BCUT2D eigenvalue weighted by Gasteiger charge is 2.26. The number of amides is 3. The topological polar surface area (TPSA) is 69.7 Å². The third-order valence-corrected chi connectivity index (χ3v) is 5.55. The first-order valence-electron chi connectivity index (χ1n) is 8.69. The summed E-state index contributed by atoms with van der Waals surface area (Å²) in [7, 11) is 0. The second-order valence-electron chi connectivity index (χ2n) is 6.35. The van der Waals surface area contributed by atoms with E-state index in [1.807, 2.05) is 23.1 Å². The lowest BCUT2D eigenvalue weighted by atomic mass is 10.0. The Labute approximate surface area is 151 Å². The predicted octanol–water partition coefficient (Wildman–Crippen LogP) is 1.97. The Morgan fingerprint density at radius 1 is 1.12 bits per heavy atom. The summed E-state index contributed by atoms with van der Waals surface area (Å²) >= 11 is 1.32. The Hall–Kier alpha value is -2.02. The molecular formula is C18H23N3O3S. The number of rotatable bonds is 5. The zero-order valence-corrected chi connectivity index (χ0v) is 15.0. The van der Waals surface area contributed by atoms with Crippen LogP contribution in [0.25, 0.3) is 0 Å². The number of nitrogens with one attached hydrogen (secondary N) is 1. The van der Waals surface area contributed by atoms with E-state index in [0.29, 0.717) is 31.6 Å². The fourth-order valence-corrected chi connectivity index (χ4v) is 4.00. The van der Waals surface area contributed by atoms with E-state index in [1.54, 1.807) is 17.0 Å². The molecule has 3 rings (SSSR count). The number of benzene rings is 1. The van der Waals surface area contributed by atoms with Gasteiger partial charge < -0.3 is 15.1 Å². The zero-order valence-electron chi connectivity index (χ0n) is 14.1. The van der Waals surface area contributed by atoms with Gasteiger partial charge in [0.05, 0.1) is 0 Å². The molecule has 2 fully saturated rings. The molecule has 0 radical (unpaired) electrons. The van der Waals surface area contributed by atoms with Gasteiger partial charge in [0.1, 0.15) is 0 Å². The van der Waals surface area contributed by atoms with E-state index >= 15 is 0 Å². The van der Waals surface area contributed by atoms with Crippen LogP contribution >= 0.6 is 11.8 Å². The van der Waals surface area contributed by atoms with E-state index in [4.69, 9.17) is 0 Å². The first-order valence-corrected chi connectivity index (χ1v) is 9.67. The van der Waals surface area contributed by atoms with Crippen molar-refractivity contribution in [3.05, 3.63) is 35.9 Å². The van der Waals surface area contributed by atoms with Crippen molar-refractivity contribution in [3.63, 3.8) is 0 Å². The van der Waals surface area contributed by atoms with Gasteiger partial charge in [-0.05, 0) is 25.0 Å². The molecule has 1 aromatic rings. The molecule has 2 heterocycles. The average Bonchev–Trinajstić information content (AvgIpc) is 3.06. The van der Waals surface area contributed by atoms with Crippen LogP contribution in [0.2, 0.25) is 0 Å². The van der Waals surface area contributed by atoms with Crippen molar-refractivity contribution in [3.8, 4) is 0 Å². The molecule has 1 aromatic carbocycles. The minimum Gasteiger partial charge on any atom is -0.349 e. The summed E-state index contributed by atoms with van der Waals surface area (Å²) in [6, 6.07) is 9.28. The zero-order chi connectivity index (χ0) is 17.6. The van der Waals surface area contributed by atoms with Crippen LogP contribution in [0.4, 0.5) is 4.79 Å². The van der Waals surface area contributed by atoms with Crippen LogP contribution in [0.5, 0.6) is 0 Å². The monoisotopic (exact) mass is 361 g/mol. The largest absolute Gasteiger partial charge is 0.349 e. The van der Waals surface area contributed by atoms with Crippen molar-refractivity contribution >= 4 is 28.8 Å². The molecule has 134 valence electrons. The van der Waals surface area contributed by atoms with Crippen LogP contribution in [0, 0.1) is 0 Å². The number of carbonyl (C=O) groups is 3. The maximum Gasteiger partial charge on any atom is 0.281 e. The highest BCUT2D eigenvalue weighted by atomic mass is 32.2. The van der Waals surface area contributed by atoms with E-state index in [2.05, 4.69) is 5.32 Å². The molecule has 2 saturated heterocycles. The predicted molar refractivity (Wildman–Crippen MR) is 97.6 cm³/mol. The Kier molecular flexibility index (Phi) is 5.96. The van der Waals surface area contributed by atoms with Crippen molar-refractivity contribution in [1.82, 2.24) is 15.1 Å². The number of likely N-dealkylation sites (tertiary alicyclic amines) is 1. The van der Waals surface area contributed by atoms with Gasteiger partial charge in [0.15, 0.2) is 0 Å². The van der Waals surface area contributed by atoms with E-state index in [9.17, 15) is 14.4 Å². The van der Waals surface area contributed by atoms with Crippen LogP contribution in [-0.4, -0.2) is 64.8 Å². The minimum atomic E-state index is -0.0598. The molecule has 3 amide bonds. The summed E-state index contributed by atoms with van der Waals surface area (Å²) in [6.45, 7) is 2.56. The maximum absolute atomic E-state index is 12.3. The van der Waals surface area contributed by atoms with Crippen LogP contribution in [0.3, 0.4) is 0 Å². The summed E-state index contributed by atoms with van der Waals surface area (Å²) in [4.78, 5) is 39.6. The molecule has 6 nitrogen and oxygen atoms in total. The van der Waals surface area contributed by atoms with Gasteiger partial charge in [0.25, 0.3) is 11.1 Å². The Morgan fingerprint density at radius 2 is 1.84 bits per heavy atom. The van der Waals surface area contributed by atoms with E-state index in [1.165, 1.54) is 11.8 Å². The number of piperidine rings is 1. The van der Waals surface area contributed by atoms with Crippen molar-refractivity contribution in [2.24, 2.45) is 0 Å². The molecule has 0 spiro atoms. The first kappa shape index (κ1) is 17.8. The third-order valence-electron chi connectivity index (χ3n) is 4.66. The number of thioether (sulfide) groups is 1. The molecule has 1 N–H and O–H groups in total. The Bertz CT molecular complexity index is 630. The summed E-state index contributed by atoms with van der Waals surface area (Å²) in [6.07, 6.45) is 1.92. The average molecular weight is 361 g/mol. The van der Waals surface area contributed by atoms with Crippen LogP contribution in [0.1, 0.15) is 29.6 Å². The Balaban J connectivity index is 1.40. The second kappa shape index (κ2) is 8.38. The Morgan fingerprint density at radius 3 is 2.48 bits per heavy atom. The molecule has 0 aromatic heterocycles. The molecule has 0 bridgehead atoms. The lowest BCUT2D eigenvalue weighted by molar-refractivity contribution is -0.132. The molecule has 7 heteroatoms. The van der Waals surface area contributed by atoms with Gasteiger partial charge in [0, 0.05) is 50.0 Å². The van der Waals surface area contributed by atoms with Crippen molar-refractivity contribution in [2.75, 3.05) is 31.9 Å². The maximum atomic E-state index is 12.3. The molecule has 2 aliphatic heterocycles. The van der Waals surface area contributed by atoms with Crippen molar-refractivity contribution in [1.29, 1.82) is 0 Å². The molecule has 0 saturated carbocycles. The van der Waals surface area contributed by atoms with Crippen LogP contribution in [-0.2, 0) is 4.79 Å². The van der Waals surface area contributed by atoms with Crippen molar-refractivity contribution in [2.45, 2.75) is 25.3 Å². The van der Waals surface area contributed by atoms with Gasteiger partial charge in [-0.15, -0.1) is 0 Å². The SMILES string of the molecule is O=C(NC1CCN(C(=O)CCN2CCSC2=O)CC1)c1ccccc1. The molecule has 0 aliphatic carbocycles. The number of carbonyl (C=O) groups excluding carboxylic acids is 3. The number of hydrogen-bond donors (Lipinski definition) is 1. The molecule has 0 atom stereocenters. The fraction of sp³-hybridized carbons (Fsp3) is 0.500. The smallest absolute Gasteiger partial charge is 0.281 e. The second-order valence-corrected chi connectivity index (χ2v) is 7.39. The fourth-order valence-electron chi connectivity index (χ4n) is 3.15. The van der Waals surface area contributed by atoms with Crippen molar-refractivity contribution < 1.29 is 14.4 Å². The first-order chi connectivity index (χ1) is 12.1. The summed E-state index contributed by atoms with van der Waals surface area (Å²) < 4.78 is 0. The lowest BCUT2D eigenvalue weighted by Gasteiger charge is -2.32. The standard InChI is InChI=1S/C18H23N3O3S/c22-16(8-11-21-12-13-25-18(21)24)20-9-6-15(7-10-20)19-17(23)14-4-2-1-3-5-14/h1-5,15H,6-13H2,(H,19,23). The van der Waals surface area contributed by atoms with Gasteiger partial charge >= 0.3 is 0 Å². The summed E-state index contributed by atoms with van der Waals surface area (Å²) in [5.41, 5.74) is 0.661. The number of hydrogen-bond acceptors (Lipinski definition) is 4. The molecule has 0 unspecified atom stereocenters. The van der Waals surface area contributed by atoms with Gasteiger partial charge in [-0.2, -0.15) is 0 Å². The number of nitrogens with zero attached hydrogens (tertiary/aromatic N) is 2. The third kappa shape index (κ3) is 4.75. The molecular weight excluding hydrogens is 338 g/mol. The van der Waals surface area contributed by atoms with Crippen LogP contribution < -0.4 is 5.32 Å². The van der Waals surface area contributed by atoms with Crippen LogP contribution in [0.15, 0.2) is 30.3 Å².